The molecule has 3 heterocycles. The first-order chi connectivity index (χ1) is 12.3. The number of ether oxygens (including phenoxy) is 1. The van der Waals surface area contributed by atoms with Crippen LogP contribution >= 0.6 is 0 Å². The third-order valence-corrected chi connectivity index (χ3v) is 5.35. The lowest BCUT2D eigenvalue weighted by Gasteiger charge is -2.37. The van der Waals surface area contributed by atoms with Crippen molar-refractivity contribution < 1.29 is 9.53 Å². The van der Waals surface area contributed by atoms with Crippen molar-refractivity contribution in [3.8, 4) is 5.75 Å². The molecule has 25 heavy (non-hydrogen) atoms. The SMILES string of the molecule is CCn1ncc2c1CN(C(=O)C1CCC1)CC2COc1cccnc1. The van der Waals surface area contributed by atoms with Crippen molar-refractivity contribution in [1.82, 2.24) is 19.7 Å². The molecule has 1 saturated carbocycles. The Hall–Kier alpha value is -2.37. The van der Waals surface area contributed by atoms with Crippen LogP contribution in [0.4, 0.5) is 0 Å². The minimum absolute atomic E-state index is 0.147. The summed E-state index contributed by atoms with van der Waals surface area (Å²) < 4.78 is 7.94. The van der Waals surface area contributed by atoms with E-state index in [0.29, 0.717) is 25.6 Å². The van der Waals surface area contributed by atoms with Crippen LogP contribution in [-0.2, 0) is 17.9 Å². The molecule has 6 heteroatoms. The smallest absolute Gasteiger partial charge is 0.226 e. The fourth-order valence-corrected chi connectivity index (χ4v) is 3.67. The van der Waals surface area contributed by atoms with Gasteiger partial charge in [-0.2, -0.15) is 5.10 Å². The largest absolute Gasteiger partial charge is 0.491 e. The number of fused-ring (bicyclic) bond motifs is 1. The van der Waals surface area contributed by atoms with Crippen LogP contribution in [0, 0.1) is 5.92 Å². The van der Waals surface area contributed by atoms with E-state index in [9.17, 15) is 4.79 Å². The second kappa shape index (κ2) is 6.86. The maximum absolute atomic E-state index is 12.8. The summed E-state index contributed by atoms with van der Waals surface area (Å²) in [6, 6.07) is 3.77. The molecule has 132 valence electrons. The summed E-state index contributed by atoms with van der Waals surface area (Å²) in [6.07, 6.45) is 8.64. The summed E-state index contributed by atoms with van der Waals surface area (Å²) in [4.78, 5) is 18.9. The summed E-state index contributed by atoms with van der Waals surface area (Å²) in [6.45, 7) is 4.81. The van der Waals surface area contributed by atoms with E-state index in [2.05, 4.69) is 17.0 Å². The first-order valence-corrected chi connectivity index (χ1v) is 9.12. The lowest BCUT2D eigenvalue weighted by atomic mass is 9.83. The van der Waals surface area contributed by atoms with Crippen LogP contribution in [0.3, 0.4) is 0 Å². The van der Waals surface area contributed by atoms with Crippen LogP contribution < -0.4 is 4.74 Å². The molecule has 2 aromatic heterocycles. The van der Waals surface area contributed by atoms with Crippen molar-refractivity contribution in [2.45, 2.75) is 45.2 Å². The third-order valence-electron chi connectivity index (χ3n) is 5.35. The van der Waals surface area contributed by atoms with Gasteiger partial charge in [0.25, 0.3) is 0 Å². The van der Waals surface area contributed by atoms with Crippen molar-refractivity contribution >= 4 is 5.91 Å². The van der Waals surface area contributed by atoms with Gasteiger partial charge >= 0.3 is 0 Å². The Kier molecular flexibility index (Phi) is 4.42. The maximum Gasteiger partial charge on any atom is 0.226 e. The molecule has 1 atom stereocenters. The highest BCUT2D eigenvalue weighted by Gasteiger charge is 2.36. The van der Waals surface area contributed by atoms with E-state index in [1.165, 1.54) is 12.0 Å². The molecule has 0 bridgehead atoms. The van der Waals surface area contributed by atoms with Gasteiger partial charge in [-0.25, -0.2) is 0 Å². The van der Waals surface area contributed by atoms with Gasteiger partial charge in [0.1, 0.15) is 5.75 Å². The van der Waals surface area contributed by atoms with Crippen molar-refractivity contribution in [2.24, 2.45) is 5.92 Å². The predicted octanol–water partition coefficient (Wildman–Crippen LogP) is 2.60. The molecular weight excluding hydrogens is 316 g/mol. The number of rotatable bonds is 5. The fourth-order valence-electron chi connectivity index (χ4n) is 3.67. The molecule has 2 aliphatic rings. The highest BCUT2D eigenvalue weighted by atomic mass is 16.5. The van der Waals surface area contributed by atoms with Gasteiger partial charge in [-0.1, -0.05) is 6.42 Å². The average molecular weight is 340 g/mol. The van der Waals surface area contributed by atoms with Gasteiger partial charge < -0.3 is 9.64 Å². The summed E-state index contributed by atoms with van der Waals surface area (Å²) in [5.74, 6) is 1.43. The molecule has 4 rings (SSSR count). The van der Waals surface area contributed by atoms with Crippen LogP contribution in [0.25, 0.3) is 0 Å². The molecular formula is C19H24N4O2. The molecule has 1 amide bonds. The van der Waals surface area contributed by atoms with Crippen LogP contribution in [0.1, 0.15) is 43.4 Å². The zero-order valence-electron chi connectivity index (χ0n) is 14.6. The highest BCUT2D eigenvalue weighted by Crippen LogP contribution is 2.34. The van der Waals surface area contributed by atoms with E-state index >= 15 is 0 Å². The Morgan fingerprint density at radius 2 is 2.24 bits per heavy atom. The minimum Gasteiger partial charge on any atom is -0.491 e. The molecule has 0 spiro atoms. The first-order valence-electron chi connectivity index (χ1n) is 9.12. The Balaban J connectivity index is 1.54. The zero-order chi connectivity index (χ0) is 17.2. The van der Waals surface area contributed by atoms with Gasteiger partial charge in [-0.3, -0.25) is 14.5 Å². The van der Waals surface area contributed by atoms with Crippen molar-refractivity contribution in [2.75, 3.05) is 13.2 Å². The number of carbonyl (C=O) groups excluding carboxylic acids is 1. The molecule has 0 aromatic carbocycles. The standard InChI is InChI=1S/C19H24N4O2/c1-2-23-18-12-22(19(24)14-5-3-6-14)11-15(17(18)10-21-23)13-25-16-7-4-8-20-9-16/h4,7-10,14-15H,2-3,5-6,11-13H2,1H3. The topological polar surface area (TPSA) is 60.2 Å². The lowest BCUT2D eigenvalue weighted by molar-refractivity contribution is -0.139. The normalized spacial score (nSPS) is 20.0. The number of hydrogen-bond acceptors (Lipinski definition) is 4. The quantitative estimate of drug-likeness (QED) is 0.839. The van der Waals surface area contributed by atoms with E-state index in [1.807, 2.05) is 27.9 Å². The van der Waals surface area contributed by atoms with E-state index in [4.69, 9.17) is 4.74 Å². The van der Waals surface area contributed by atoms with Gasteiger partial charge in [-0.15, -0.1) is 0 Å². The van der Waals surface area contributed by atoms with Crippen molar-refractivity contribution in [3.63, 3.8) is 0 Å². The fraction of sp³-hybridized carbons (Fsp3) is 0.526. The monoisotopic (exact) mass is 340 g/mol. The molecule has 0 N–H and O–H groups in total. The number of hydrogen-bond donors (Lipinski definition) is 0. The molecule has 1 aliphatic heterocycles. The molecule has 0 radical (unpaired) electrons. The lowest BCUT2D eigenvalue weighted by Crippen LogP contribution is -2.44. The molecule has 6 nitrogen and oxygen atoms in total. The first kappa shape index (κ1) is 16.1. The van der Waals surface area contributed by atoms with E-state index in [1.54, 1.807) is 12.4 Å². The number of carbonyl (C=O) groups is 1. The van der Waals surface area contributed by atoms with E-state index < -0.39 is 0 Å². The summed E-state index contributed by atoms with van der Waals surface area (Å²) in [7, 11) is 0. The van der Waals surface area contributed by atoms with Gasteiger partial charge in [0, 0.05) is 36.7 Å². The molecule has 2 aromatic rings. The summed E-state index contributed by atoms with van der Waals surface area (Å²) in [5, 5.41) is 4.51. The summed E-state index contributed by atoms with van der Waals surface area (Å²) in [5.41, 5.74) is 2.37. The number of amides is 1. The van der Waals surface area contributed by atoms with Crippen molar-refractivity contribution in [3.05, 3.63) is 42.0 Å². The Morgan fingerprint density at radius 3 is 2.92 bits per heavy atom. The number of nitrogens with zero attached hydrogens (tertiary/aromatic N) is 4. The Bertz CT molecular complexity index is 739. The van der Waals surface area contributed by atoms with E-state index in [0.717, 1.165) is 30.8 Å². The van der Waals surface area contributed by atoms with Gasteiger partial charge in [0.05, 0.1) is 31.2 Å². The minimum atomic E-state index is 0.147. The number of aryl methyl sites for hydroxylation is 1. The van der Waals surface area contributed by atoms with Crippen LogP contribution in [0.5, 0.6) is 5.75 Å². The average Bonchev–Trinajstić information content (AvgIpc) is 3.02. The van der Waals surface area contributed by atoms with Gasteiger partial charge in [-0.05, 0) is 31.9 Å². The van der Waals surface area contributed by atoms with Crippen LogP contribution in [-0.4, -0.2) is 38.7 Å². The second-order valence-electron chi connectivity index (χ2n) is 6.91. The Morgan fingerprint density at radius 1 is 1.36 bits per heavy atom. The van der Waals surface area contributed by atoms with Gasteiger partial charge in [0.15, 0.2) is 0 Å². The molecule has 0 saturated heterocycles. The van der Waals surface area contributed by atoms with Crippen LogP contribution in [0.2, 0.25) is 0 Å². The zero-order valence-corrected chi connectivity index (χ0v) is 14.6. The second-order valence-corrected chi connectivity index (χ2v) is 6.91. The van der Waals surface area contributed by atoms with E-state index in [-0.39, 0.29) is 11.8 Å². The Labute approximate surface area is 147 Å². The molecule has 1 aliphatic carbocycles. The highest BCUT2D eigenvalue weighted by molar-refractivity contribution is 5.80. The number of aromatic nitrogens is 3. The molecule has 1 fully saturated rings. The number of pyridine rings is 1. The maximum atomic E-state index is 12.8. The van der Waals surface area contributed by atoms with Gasteiger partial charge in [0.2, 0.25) is 5.91 Å². The van der Waals surface area contributed by atoms with Crippen LogP contribution in [0.15, 0.2) is 30.7 Å². The van der Waals surface area contributed by atoms with Crippen molar-refractivity contribution in [1.29, 1.82) is 0 Å². The summed E-state index contributed by atoms with van der Waals surface area (Å²) >= 11 is 0. The third kappa shape index (κ3) is 3.13. The molecule has 1 unspecified atom stereocenters. The predicted molar refractivity (Wildman–Crippen MR) is 93.1 cm³/mol.